The summed E-state index contributed by atoms with van der Waals surface area (Å²) in [6.45, 7) is 0. The van der Waals surface area contributed by atoms with Gasteiger partial charge >= 0.3 is 0 Å². The summed E-state index contributed by atoms with van der Waals surface area (Å²) in [6, 6.07) is 6.14. The van der Waals surface area contributed by atoms with Crippen molar-refractivity contribution < 1.29 is 8.42 Å². The second-order valence-electron chi connectivity index (χ2n) is 3.67. The molecule has 0 bridgehead atoms. The van der Waals surface area contributed by atoms with Crippen LogP contribution in [0.25, 0.3) is 0 Å². The zero-order valence-corrected chi connectivity index (χ0v) is 15.1. The summed E-state index contributed by atoms with van der Waals surface area (Å²) >= 11 is 18.1. The van der Waals surface area contributed by atoms with Gasteiger partial charge in [-0.2, -0.15) is 0 Å². The average Bonchev–Trinajstić information content (AvgIpc) is 2.36. The van der Waals surface area contributed by atoms with Gasteiger partial charge in [0.2, 0.25) is 0 Å². The van der Waals surface area contributed by atoms with Crippen LogP contribution in [-0.2, 0) is 10.0 Å². The van der Waals surface area contributed by atoms with Crippen LogP contribution in [0, 0.1) is 0 Å². The molecule has 1 aromatic carbocycles. The summed E-state index contributed by atoms with van der Waals surface area (Å²) in [5, 5.41) is 0.295. The maximum absolute atomic E-state index is 12.3. The first-order valence-electron chi connectivity index (χ1n) is 5.08. The van der Waals surface area contributed by atoms with E-state index >= 15 is 0 Å². The van der Waals surface area contributed by atoms with E-state index in [4.69, 9.17) is 23.2 Å². The molecular formula is C11H6Br2Cl2N2O2S. The van der Waals surface area contributed by atoms with E-state index < -0.39 is 10.0 Å². The summed E-state index contributed by atoms with van der Waals surface area (Å²) in [4.78, 5) is 3.66. The van der Waals surface area contributed by atoms with Gasteiger partial charge in [-0.3, -0.25) is 4.72 Å². The number of rotatable bonds is 3. The van der Waals surface area contributed by atoms with Gasteiger partial charge in [0.05, 0.1) is 5.69 Å². The maximum atomic E-state index is 12.3. The molecule has 0 amide bonds. The summed E-state index contributed by atoms with van der Waals surface area (Å²) in [5.74, 6) is 0. The van der Waals surface area contributed by atoms with Crippen molar-refractivity contribution in [3.8, 4) is 0 Å². The summed E-state index contributed by atoms with van der Waals surface area (Å²) < 4.78 is 28.1. The molecule has 0 atom stereocenters. The first-order valence-corrected chi connectivity index (χ1v) is 8.91. The summed E-state index contributed by atoms with van der Waals surface area (Å²) in [5.41, 5.74) is 0.313. The van der Waals surface area contributed by atoms with Crippen molar-refractivity contribution in [3.63, 3.8) is 0 Å². The Morgan fingerprint density at radius 3 is 2.55 bits per heavy atom. The van der Waals surface area contributed by atoms with Crippen molar-refractivity contribution in [1.82, 2.24) is 4.98 Å². The highest BCUT2D eigenvalue weighted by Crippen LogP contribution is 2.30. The number of halogens is 4. The molecule has 0 spiro atoms. The Morgan fingerprint density at radius 2 is 1.85 bits per heavy atom. The molecule has 2 rings (SSSR count). The summed E-state index contributed by atoms with van der Waals surface area (Å²) in [7, 11) is -3.87. The van der Waals surface area contributed by atoms with E-state index in [0.29, 0.717) is 19.7 Å². The van der Waals surface area contributed by atoms with Crippen LogP contribution in [0.15, 0.2) is 44.3 Å². The van der Waals surface area contributed by atoms with Gasteiger partial charge in [0.25, 0.3) is 10.0 Å². The zero-order chi connectivity index (χ0) is 14.9. The molecule has 20 heavy (non-hydrogen) atoms. The standard InChI is InChI=1S/C11H6Br2Cl2N2O2S/c12-6-3-10(11(15)16-5-6)20(18,19)17-9-4-7(14)1-2-8(9)13/h1-5,17H. The van der Waals surface area contributed by atoms with Crippen LogP contribution >= 0.6 is 55.1 Å². The van der Waals surface area contributed by atoms with Crippen LogP contribution in [0.2, 0.25) is 10.2 Å². The Hall–Kier alpha value is -0.340. The lowest BCUT2D eigenvalue weighted by Gasteiger charge is -2.11. The molecule has 0 aliphatic rings. The topological polar surface area (TPSA) is 59.1 Å². The lowest BCUT2D eigenvalue weighted by Crippen LogP contribution is -2.14. The molecule has 0 fully saturated rings. The van der Waals surface area contributed by atoms with Crippen LogP contribution in [-0.4, -0.2) is 13.4 Å². The van der Waals surface area contributed by atoms with E-state index in [9.17, 15) is 8.42 Å². The van der Waals surface area contributed by atoms with Gasteiger partial charge in [-0.05, 0) is 56.1 Å². The molecule has 0 aliphatic carbocycles. The van der Waals surface area contributed by atoms with Gasteiger partial charge in [-0.1, -0.05) is 23.2 Å². The van der Waals surface area contributed by atoms with Crippen molar-refractivity contribution in [2.45, 2.75) is 4.90 Å². The highest BCUT2D eigenvalue weighted by Gasteiger charge is 2.20. The monoisotopic (exact) mass is 458 g/mol. The van der Waals surface area contributed by atoms with Gasteiger partial charge in [0.15, 0.2) is 0 Å². The van der Waals surface area contributed by atoms with E-state index in [1.807, 2.05) is 0 Å². The molecule has 106 valence electrons. The normalized spacial score (nSPS) is 11.4. The predicted molar refractivity (Wildman–Crippen MR) is 86.9 cm³/mol. The van der Waals surface area contributed by atoms with Crippen molar-refractivity contribution in [3.05, 3.63) is 49.6 Å². The largest absolute Gasteiger partial charge is 0.278 e. The molecule has 0 saturated carbocycles. The van der Waals surface area contributed by atoms with Crippen LogP contribution in [0.5, 0.6) is 0 Å². The van der Waals surface area contributed by atoms with Crippen LogP contribution in [0.3, 0.4) is 0 Å². The number of nitrogens with zero attached hydrogens (tertiary/aromatic N) is 1. The van der Waals surface area contributed by atoms with Gasteiger partial charge in [0, 0.05) is 20.2 Å². The van der Waals surface area contributed by atoms with Crippen molar-refractivity contribution in [1.29, 1.82) is 0 Å². The lowest BCUT2D eigenvalue weighted by atomic mass is 10.3. The second kappa shape index (κ2) is 6.19. The SMILES string of the molecule is O=S(=O)(Nc1cc(Cl)ccc1Br)c1cc(Br)cnc1Cl. The number of aromatic nitrogens is 1. The van der Waals surface area contributed by atoms with Crippen molar-refractivity contribution in [2.75, 3.05) is 4.72 Å². The molecule has 2 aromatic rings. The molecule has 1 aromatic heterocycles. The van der Waals surface area contributed by atoms with Gasteiger partial charge < -0.3 is 0 Å². The third-order valence-corrected chi connectivity index (χ3v) is 5.39. The molecule has 9 heteroatoms. The molecule has 0 saturated heterocycles. The van der Waals surface area contributed by atoms with E-state index in [-0.39, 0.29) is 10.0 Å². The molecule has 1 N–H and O–H groups in total. The lowest BCUT2D eigenvalue weighted by molar-refractivity contribution is 0.601. The first kappa shape index (κ1) is 16.0. The van der Waals surface area contributed by atoms with E-state index in [1.54, 1.807) is 12.1 Å². The third-order valence-electron chi connectivity index (χ3n) is 2.24. The number of benzene rings is 1. The van der Waals surface area contributed by atoms with E-state index in [0.717, 1.165) is 0 Å². The second-order valence-corrected chi connectivity index (χ2v) is 7.89. The molecular weight excluding hydrogens is 455 g/mol. The first-order chi connectivity index (χ1) is 9.29. The number of pyridine rings is 1. The average molecular weight is 461 g/mol. The zero-order valence-electron chi connectivity index (χ0n) is 9.57. The number of sulfonamides is 1. The van der Waals surface area contributed by atoms with Crippen molar-refractivity contribution in [2.24, 2.45) is 0 Å². The molecule has 4 nitrogen and oxygen atoms in total. The Labute approximate surface area is 142 Å². The number of hydrogen-bond acceptors (Lipinski definition) is 3. The smallest absolute Gasteiger partial charge is 0.265 e. The molecule has 0 aliphatic heterocycles. The Kier molecular flexibility index (Phi) is 4.96. The number of hydrogen-bond donors (Lipinski definition) is 1. The third kappa shape index (κ3) is 3.65. The van der Waals surface area contributed by atoms with E-state index in [1.165, 1.54) is 18.3 Å². The predicted octanol–water partition coefficient (Wildman–Crippen LogP) is 4.71. The molecule has 0 radical (unpaired) electrons. The minimum atomic E-state index is -3.87. The Morgan fingerprint density at radius 1 is 1.15 bits per heavy atom. The van der Waals surface area contributed by atoms with Crippen molar-refractivity contribution >= 4 is 70.8 Å². The fourth-order valence-corrected chi connectivity index (χ4v) is 4.03. The molecule has 1 heterocycles. The van der Waals surface area contributed by atoms with Crippen LogP contribution < -0.4 is 4.72 Å². The fourth-order valence-electron chi connectivity index (χ4n) is 1.37. The van der Waals surface area contributed by atoms with E-state index in [2.05, 4.69) is 41.6 Å². The number of anilines is 1. The Bertz CT molecular complexity index is 769. The minimum Gasteiger partial charge on any atom is -0.278 e. The highest BCUT2D eigenvalue weighted by molar-refractivity contribution is 9.10. The fraction of sp³-hybridized carbons (Fsp3) is 0. The molecule has 0 unspecified atom stereocenters. The Balaban J connectivity index is 2.46. The van der Waals surface area contributed by atoms with Crippen LogP contribution in [0.4, 0.5) is 5.69 Å². The van der Waals surface area contributed by atoms with Gasteiger partial charge in [-0.25, -0.2) is 13.4 Å². The maximum Gasteiger partial charge on any atom is 0.265 e. The minimum absolute atomic E-state index is 0.112. The number of nitrogens with one attached hydrogen (secondary N) is 1. The summed E-state index contributed by atoms with van der Waals surface area (Å²) in [6.07, 6.45) is 1.41. The van der Waals surface area contributed by atoms with Gasteiger partial charge in [-0.15, -0.1) is 0 Å². The highest BCUT2D eigenvalue weighted by atomic mass is 79.9. The van der Waals surface area contributed by atoms with Gasteiger partial charge in [0.1, 0.15) is 10.0 Å². The quantitative estimate of drug-likeness (QED) is 0.674. The van der Waals surface area contributed by atoms with Crippen LogP contribution in [0.1, 0.15) is 0 Å².